The molecule has 3 heteroatoms. The first-order valence-electron chi connectivity index (χ1n) is 6.71. The van der Waals surface area contributed by atoms with Crippen molar-refractivity contribution in [2.24, 2.45) is 11.8 Å². The Balaban J connectivity index is 1.90. The van der Waals surface area contributed by atoms with Gasteiger partial charge in [-0.2, -0.15) is 0 Å². The molecular weight excluding hydrogens is 200 g/mol. The fourth-order valence-electron chi connectivity index (χ4n) is 4.31. The van der Waals surface area contributed by atoms with Crippen molar-refractivity contribution in [1.82, 2.24) is 9.80 Å². The average molecular weight is 222 g/mol. The van der Waals surface area contributed by atoms with Gasteiger partial charge in [-0.1, -0.05) is 6.92 Å². The minimum absolute atomic E-state index is 0.193. The Bertz CT molecular complexity index is 296. The number of rotatable bonds is 2. The number of piperidine rings is 3. The number of nitrogens with zero attached hydrogens (tertiary/aromatic N) is 2. The van der Waals surface area contributed by atoms with Gasteiger partial charge < -0.3 is 0 Å². The molecule has 3 unspecified atom stereocenters. The monoisotopic (exact) mass is 222 g/mol. The van der Waals surface area contributed by atoms with Crippen LogP contribution in [0.5, 0.6) is 0 Å². The third-order valence-electron chi connectivity index (χ3n) is 5.02. The Kier molecular flexibility index (Phi) is 2.55. The first-order chi connectivity index (χ1) is 7.72. The Morgan fingerprint density at radius 2 is 2.00 bits per heavy atom. The first kappa shape index (κ1) is 10.7. The molecule has 0 saturated carbocycles. The molecule has 4 heterocycles. The summed E-state index contributed by atoms with van der Waals surface area (Å²) < 4.78 is 0. The van der Waals surface area contributed by atoms with Gasteiger partial charge in [0.1, 0.15) is 5.78 Å². The molecule has 0 aromatic rings. The van der Waals surface area contributed by atoms with Crippen LogP contribution < -0.4 is 0 Å². The van der Waals surface area contributed by atoms with E-state index in [-0.39, 0.29) is 6.04 Å². The molecule has 4 saturated heterocycles. The summed E-state index contributed by atoms with van der Waals surface area (Å²) in [6.45, 7) is 8.61. The topological polar surface area (TPSA) is 23.6 Å². The average Bonchev–Trinajstić information content (AvgIpc) is 2.71. The third-order valence-corrected chi connectivity index (χ3v) is 5.02. The Morgan fingerprint density at radius 1 is 1.31 bits per heavy atom. The molecule has 0 spiro atoms. The summed E-state index contributed by atoms with van der Waals surface area (Å²) in [5.74, 6) is 2.05. The quantitative estimate of drug-likeness (QED) is 0.696. The number of likely N-dealkylation sites (tertiary alicyclic amines) is 1. The maximum Gasteiger partial charge on any atom is 0.148 e. The summed E-state index contributed by atoms with van der Waals surface area (Å²) in [5, 5.41) is 0. The largest absolute Gasteiger partial charge is 0.298 e. The van der Waals surface area contributed by atoms with Crippen molar-refractivity contribution in [3.05, 3.63) is 0 Å². The summed E-state index contributed by atoms with van der Waals surface area (Å²) in [6.07, 6.45) is 2.73. The molecule has 3 atom stereocenters. The second-order valence-electron chi connectivity index (χ2n) is 5.67. The number of ketones is 1. The molecule has 4 fully saturated rings. The van der Waals surface area contributed by atoms with Gasteiger partial charge in [-0.15, -0.1) is 0 Å². The van der Waals surface area contributed by atoms with Gasteiger partial charge in [0.15, 0.2) is 0 Å². The Hall–Kier alpha value is -0.410. The molecule has 0 N–H and O–H groups in total. The number of carbonyl (C=O) groups is 1. The van der Waals surface area contributed by atoms with E-state index in [0.717, 1.165) is 24.9 Å². The van der Waals surface area contributed by atoms with Crippen molar-refractivity contribution in [2.75, 3.05) is 26.2 Å². The predicted molar refractivity (Wildman–Crippen MR) is 63.3 cm³/mol. The van der Waals surface area contributed by atoms with E-state index in [1.165, 1.54) is 25.9 Å². The van der Waals surface area contributed by atoms with Crippen LogP contribution in [0.25, 0.3) is 0 Å². The lowest BCUT2D eigenvalue weighted by atomic mass is 9.73. The van der Waals surface area contributed by atoms with Crippen molar-refractivity contribution in [3.8, 4) is 0 Å². The fraction of sp³-hybridized carbons (Fsp3) is 0.923. The van der Waals surface area contributed by atoms with Crippen LogP contribution >= 0.6 is 0 Å². The minimum atomic E-state index is 0.193. The van der Waals surface area contributed by atoms with E-state index in [4.69, 9.17) is 0 Å². The van der Waals surface area contributed by atoms with Gasteiger partial charge in [-0.05, 0) is 51.2 Å². The van der Waals surface area contributed by atoms with Crippen LogP contribution in [0.4, 0.5) is 0 Å². The third kappa shape index (κ3) is 1.37. The van der Waals surface area contributed by atoms with Crippen LogP contribution in [0.2, 0.25) is 0 Å². The van der Waals surface area contributed by atoms with Gasteiger partial charge in [-0.3, -0.25) is 14.6 Å². The summed E-state index contributed by atoms with van der Waals surface area (Å²) in [7, 11) is 0. The van der Waals surface area contributed by atoms with E-state index in [2.05, 4.69) is 16.7 Å². The second kappa shape index (κ2) is 3.81. The highest BCUT2D eigenvalue weighted by molar-refractivity contribution is 5.83. The van der Waals surface area contributed by atoms with Crippen LogP contribution in [-0.4, -0.2) is 53.8 Å². The zero-order valence-corrected chi connectivity index (χ0v) is 10.4. The summed E-state index contributed by atoms with van der Waals surface area (Å²) in [5.41, 5.74) is 0. The summed E-state index contributed by atoms with van der Waals surface area (Å²) in [4.78, 5) is 16.9. The zero-order valence-electron chi connectivity index (χ0n) is 10.4. The number of carbonyl (C=O) groups excluding carboxylic acids is 1. The maximum atomic E-state index is 11.9. The van der Waals surface area contributed by atoms with Gasteiger partial charge in [0.05, 0.1) is 6.04 Å². The first-order valence-corrected chi connectivity index (χ1v) is 6.71. The highest BCUT2D eigenvalue weighted by Crippen LogP contribution is 2.43. The second-order valence-corrected chi connectivity index (χ2v) is 5.67. The van der Waals surface area contributed by atoms with Crippen molar-refractivity contribution < 1.29 is 4.79 Å². The normalized spacial score (nSPS) is 47.0. The van der Waals surface area contributed by atoms with Gasteiger partial charge in [0.25, 0.3) is 0 Å². The van der Waals surface area contributed by atoms with E-state index in [1.54, 1.807) is 6.92 Å². The molecule has 0 amide bonds. The smallest absolute Gasteiger partial charge is 0.148 e. The molecule has 0 aromatic carbocycles. The molecule has 4 aliphatic heterocycles. The molecule has 90 valence electrons. The number of fused-ring (bicyclic) bond motifs is 2. The van der Waals surface area contributed by atoms with Gasteiger partial charge in [-0.25, -0.2) is 0 Å². The fourth-order valence-corrected chi connectivity index (χ4v) is 4.31. The number of hydrogen-bond donors (Lipinski definition) is 0. The number of likely N-dealkylation sites (N-methyl/N-ethyl adjacent to an activating group) is 1. The van der Waals surface area contributed by atoms with E-state index >= 15 is 0 Å². The molecule has 4 rings (SSSR count). The lowest BCUT2D eigenvalue weighted by Gasteiger charge is -2.49. The highest BCUT2D eigenvalue weighted by Gasteiger charge is 2.53. The van der Waals surface area contributed by atoms with E-state index < -0.39 is 0 Å². The van der Waals surface area contributed by atoms with Crippen molar-refractivity contribution in [3.63, 3.8) is 0 Å². The molecule has 3 nitrogen and oxygen atoms in total. The molecular formula is C13H22N2O. The maximum absolute atomic E-state index is 11.9. The Morgan fingerprint density at radius 3 is 2.56 bits per heavy atom. The van der Waals surface area contributed by atoms with Gasteiger partial charge >= 0.3 is 0 Å². The molecule has 0 aromatic heterocycles. The summed E-state index contributed by atoms with van der Waals surface area (Å²) in [6, 6.07) is 0.739. The Labute approximate surface area is 97.8 Å². The molecule has 0 aliphatic carbocycles. The minimum Gasteiger partial charge on any atom is -0.298 e. The standard InChI is InChI=1S/C13H22N2O/c1-3-14-8-11-10-4-6-15(7-5-10)13(11)12(14)9(2)16/h10-13H,3-8H2,1-2H3. The van der Waals surface area contributed by atoms with E-state index in [0.29, 0.717) is 11.8 Å². The van der Waals surface area contributed by atoms with Crippen LogP contribution in [0.1, 0.15) is 26.7 Å². The van der Waals surface area contributed by atoms with Gasteiger partial charge in [0.2, 0.25) is 0 Å². The van der Waals surface area contributed by atoms with E-state index in [1.807, 2.05) is 0 Å². The summed E-state index contributed by atoms with van der Waals surface area (Å²) >= 11 is 0. The molecule has 2 bridgehead atoms. The van der Waals surface area contributed by atoms with Crippen LogP contribution in [-0.2, 0) is 4.79 Å². The SMILES string of the molecule is CCN1CC2C3CCN(CC3)C2C1C(C)=O. The van der Waals surface area contributed by atoms with Gasteiger partial charge in [0, 0.05) is 12.6 Å². The molecule has 4 aliphatic rings. The highest BCUT2D eigenvalue weighted by atomic mass is 16.1. The van der Waals surface area contributed by atoms with Crippen LogP contribution in [0, 0.1) is 11.8 Å². The van der Waals surface area contributed by atoms with E-state index in [9.17, 15) is 4.79 Å². The number of Topliss-reactive ketones (excluding diaryl/α,β-unsaturated/α-hetero) is 1. The zero-order chi connectivity index (χ0) is 11.3. The van der Waals surface area contributed by atoms with Crippen molar-refractivity contribution in [2.45, 2.75) is 38.8 Å². The van der Waals surface area contributed by atoms with Crippen molar-refractivity contribution in [1.29, 1.82) is 0 Å². The number of hydrogen-bond acceptors (Lipinski definition) is 3. The van der Waals surface area contributed by atoms with Crippen LogP contribution in [0.15, 0.2) is 0 Å². The lowest BCUT2D eigenvalue weighted by molar-refractivity contribution is -0.124. The predicted octanol–water partition coefficient (Wildman–Crippen LogP) is 0.990. The lowest BCUT2D eigenvalue weighted by Crippen LogP contribution is -2.58. The van der Waals surface area contributed by atoms with Crippen molar-refractivity contribution >= 4 is 5.78 Å². The molecule has 0 radical (unpaired) electrons. The molecule has 16 heavy (non-hydrogen) atoms. The van der Waals surface area contributed by atoms with Crippen LogP contribution in [0.3, 0.4) is 0 Å².